The van der Waals surface area contributed by atoms with Crippen LogP contribution in [0.3, 0.4) is 0 Å². The second-order valence-electron chi connectivity index (χ2n) is 6.57. The normalized spacial score (nSPS) is 10.5. The Bertz CT molecular complexity index is 1190. The quantitative estimate of drug-likeness (QED) is 0.376. The van der Waals surface area contributed by atoms with Crippen molar-refractivity contribution in [2.45, 2.75) is 13.8 Å². The van der Waals surface area contributed by atoms with Crippen LogP contribution in [0.2, 0.25) is 10.0 Å². The van der Waals surface area contributed by atoms with Gasteiger partial charge in [0.15, 0.2) is 11.6 Å². The number of urea groups is 1. The number of amides is 3. The van der Waals surface area contributed by atoms with Gasteiger partial charge in [-0.3, -0.25) is 10.1 Å². The van der Waals surface area contributed by atoms with Crippen LogP contribution in [0.1, 0.15) is 21.5 Å². The number of rotatable bonds is 4. The molecule has 0 spiro atoms. The van der Waals surface area contributed by atoms with Gasteiger partial charge in [-0.2, -0.15) is 0 Å². The number of carbonyl (C=O) groups excluding carboxylic acids is 2. The zero-order valence-corrected chi connectivity index (χ0v) is 19.5. The van der Waals surface area contributed by atoms with Gasteiger partial charge in [0, 0.05) is 10.2 Å². The maximum absolute atomic E-state index is 14.1. The minimum absolute atomic E-state index is 0.0105. The molecule has 2 N–H and O–H groups in total. The van der Waals surface area contributed by atoms with Crippen molar-refractivity contribution < 1.29 is 18.7 Å². The number of hydrogen-bond donors (Lipinski definition) is 2. The molecule has 3 aromatic rings. The number of hydrogen-bond acceptors (Lipinski definition) is 3. The number of halogens is 4. The minimum Gasteiger partial charge on any atom is -0.452 e. The minimum atomic E-state index is -0.754. The van der Waals surface area contributed by atoms with Crippen LogP contribution in [-0.4, -0.2) is 11.9 Å². The SMILES string of the molecule is Cc1cc(NC(=O)NC(=O)c2ccccc2Cl)c(C)c(Cl)c1Oc1ccc(Br)cc1F. The maximum atomic E-state index is 14.1. The van der Waals surface area contributed by atoms with E-state index in [-0.39, 0.29) is 27.1 Å². The number of anilines is 1. The predicted octanol–water partition coefficient (Wildman–Crippen LogP) is 7.27. The Morgan fingerprint density at radius 1 is 1.06 bits per heavy atom. The molecule has 0 aliphatic carbocycles. The highest BCUT2D eigenvalue weighted by molar-refractivity contribution is 9.10. The van der Waals surface area contributed by atoms with Gasteiger partial charge in [-0.1, -0.05) is 51.3 Å². The Kier molecular flexibility index (Phi) is 7.20. The first-order valence-corrected chi connectivity index (χ1v) is 10.5. The molecule has 160 valence electrons. The second kappa shape index (κ2) is 9.68. The highest BCUT2D eigenvalue weighted by Crippen LogP contribution is 2.39. The van der Waals surface area contributed by atoms with Gasteiger partial charge in [0.05, 0.1) is 15.6 Å². The number of nitrogens with one attached hydrogen (secondary N) is 2. The fourth-order valence-electron chi connectivity index (χ4n) is 2.74. The Balaban J connectivity index is 1.79. The molecule has 0 bridgehead atoms. The summed E-state index contributed by atoms with van der Waals surface area (Å²) in [5, 5.41) is 5.23. The lowest BCUT2D eigenvalue weighted by molar-refractivity contribution is 0.0967. The molecule has 3 amide bonds. The summed E-state index contributed by atoms with van der Waals surface area (Å²) in [7, 11) is 0. The zero-order chi connectivity index (χ0) is 22.7. The van der Waals surface area contributed by atoms with E-state index >= 15 is 0 Å². The smallest absolute Gasteiger partial charge is 0.326 e. The zero-order valence-electron chi connectivity index (χ0n) is 16.4. The summed E-state index contributed by atoms with van der Waals surface area (Å²) in [4.78, 5) is 24.6. The molecule has 0 radical (unpaired) electrons. The molecule has 5 nitrogen and oxygen atoms in total. The maximum Gasteiger partial charge on any atom is 0.326 e. The molecule has 0 saturated carbocycles. The number of ether oxygens (including phenoxy) is 1. The van der Waals surface area contributed by atoms with Gasteiger partial charge in [0.2, 0.25) is 0 Å². The van der Waals surface area contributed by atoms with E-state index in [1.54, 1.807) is 44.2 Å². The third kappa shape index (κ3) is 5.36. The highest BCUT2D eigenvalue weighted by Gasteiger charge is 2.18. The summed E-state index contributed by atoms with van der Waals surface area (Å²) in [5.41, 5.74) is 1.59. The Morgan fingerprint density at radius 2 is 1.77 bits per heavy atom. The van der Waals surface area contributed by atoms with Crippen molar-refractivity contribution in [3.8, 4) is 11.5 Å². The first-order chi connectivity index (χ1) is 14.7. The first-order valence-electron chi connectivity index (χ1n) is 8.97. The molecule has 0 aliphatic heterocycles. The summed E-state index contributed by atoms with van der Waals surface area (Å²) >= 11 is 15.6. The largest absolute Gasteiger partial charge is 0.452 e. The number of aryl methyl sites for hydroxylation is 1. The van der Waals surface area contributed by atoms with Crippen molar-refractivity contribution >= 4 is 56.8 Å². The van der Waals surface area contributed by atoms with Gasteiger partial charge in [0.1, 0.15) is 5.75 Å². The van der Waals surface area contributed by atoms with Gasteiger partial charge < -0.3 is 10.1 Å². The molecular weight excluding hydrogens is 510 g/mol. The van der Waals surface area contributed by atoms with Gasteiger partial charge in [-0.25, -0.2) is 9.18 Å². The predicted molar refractivity (Wildman–Crippen MR) is 123 cm³/mol. The van der Waals surface area contributed by atoms with Gasteiger partial charge in [-0.05, 0) is 61.4 Å². The average molecular weight is 526 g/mol. The summed E-state index contributed by atoms with van der Waals surface area (Å²) in [6.45, 7) is 3.37. The highest BCUT2D eigenvalue weighted by atomic mass is 79.9. The van der Waals surface area contributed by atoms with E-state index in [0.29, 0.717) is 21.3 Å². The Hall–Kier alpha value is -2.61. The first kappa shape index (κ1) is 23.1. The van der Waals surface area contributed by atoms with Crippen molar-refractivity contribution in [3.05, 3.63) is 85.6 Å². The van der Waals surface area contributed by atoms with E-state index < -0.39 is 17.8 Å². The molecule has 31 heavy (non-hydrogen) atoms. The van der Waals surface area contributed by atoms with Gasteiger partial charge >= 0.3 is 6.03 Å². The van der Waals surface area contributed by atoms with Crippen molar-refractivity contribution in [2.75, 3.05) is 5.32 Å². The van der Waals surface area contributed by atoms with Gasteiger partial charge in [0.25, 0.3) is 5.91 Å². The van der Waals surface area contributed by atoms with E-state index in [4.69, 9.17) is 27.9 Å². The van der Waals surface area contributed by atoms with E-state index in [1.807, 2.05) is 0 Å². The van der Waals surface area contributed by atoms with E-state index in [2.05, 4.69) is 26.6 Å². The number of imide groups is 1. The number of benzene rings is 3. The fourth-order valence-corrected chi connectivity index (χ4v) is 3.59. The van der Waals surface area contributed by atoms with Crippen molar-refractivity contribution in [1.29, 1.82) is 0 Å². The van der Waals surface area contributed by atoms with Crippen LogP contribution in [0.5, 0.6) is 11.5 Å². The van der Waals surface area contributed by atoms with E-state index in [1.165, 1.54) is 18.2 Å². The molecule has 0 heterocycles. The number of carbonyl (C=O) groups is 2. The summed E-state index contributed by atoms with van der Waals surface area (Å²) in [5.74, 6) is -0.925. The van der Waals surface area contributed by atoms with E-state index in [0.717, 1.165) is 0 Å². The van der Waals surface area contributed by atoms with Crippen LogP contribution in [0, 0.1) is 19.7 Å². The van der Waals surface area contributed by atoms with Gasteiger partial charge in [-0.15, -0.1) is 0 Å². The third-order valence-electron chi connectivity index (χ3n) is 4.35. The topological polar surface area (TPSA) is 67.4 Å². The molecule has 3 rings (SSSR count). The molecule has 0 atom stereocenters. The Morgan fingerprint density at radius 3 is 2.45 bits per heavy atom. The molecule has 3 aromatic carbocycles. The van der Waals surface area contributed by atoms with Crippen molar-refractivity contribution in [3.63, 3.8) is 0 Å². The molecule has 0 unspecified atom stereocenters. The molecule has 0 saturated heterocycles. The van der Waals surface area contributed by atoms with Crippen molar-refractivity contribution in [1.82, 2.24) is 5.32 Å². The van der Waals surface area contributed by atoms with E-state index in [9.17, 15) is 14.0 Å². The lowest BCUT2D eigenvalue weighted by atomic mass is 10.1. The summed E-state index contributed by atoms with van der Waals surface area (Å²) in [6.07, 6.45) is 0. The second-order valence-corrected chi connectivity index (χ2v) is 8.27. The standard InChI is InChI=1S/C22H16BrCl2FN2O3/c1-11-9-17(27-22(30)28-21(29)14-5-3-4-6-15(14)24)12(2)19(25)20(11)31-18-8-7-13(23)10-16(18)26/h3-10H,1-2H3,(H2,27,28,29,30). The molecule has 0 aliphatic rings. The molecule has 0 fully saturated rings. The van der Waals surface area contributed by atoms with Crippen molar-refractivity contribution in [2.24, 2.45) is 0 Å². The fraction of sp³-hybridized carbons (Fsp3) is 0.0909. The van der Waals surface area contributed by atoms with Crippen LogP contribution in [0.4, 0.5) is 14.9 Å². The van der Waals surface area contributed by atoms with Crippen LogP contribution < -0.4 is 15.4 Å². The lowest BCUT2D eigenvalue weighted by Crippen LogP contribution is -2.34. The molecular formula is C22H16BrCl2FN2O3. The summed E-state index contributed by atoms with van der Waals surface area (Å²) < 4.78 is 20.4. The van der Waals surface area contributed by atoms with Crippen LogP contribution in [-0.2, 0) is 0 Å². The molecule has 9 heteroatoms. The molecule has 0 aromatic heterocycles. The third-order valence-corrected chi connectivity index (χ3v) is 5.63. The monoisotopic (exact) mass is 524 g/mol. The summed E-state index contributed by atoms with van der Waals surface area (Å²) in [6, 6.07) is 11.6. The Labute approximate surface area is 196 Å². The average Bonchev–Trinajstić information content (AvgIpc) is 2.70. The van der Waals surface area contributed by atoms with Crippen LogP contribution in [0.25, 0.3) is 0 Å². The van der Waals surface area contributed by atoms with Crippen LogP contribution >= 0.6 is 39.1 Å². The lowest BCUT2D eigenvalue weighted by Gasteiger charge is -2.17. The van der Waals surface area contributed by atoms with Crippen LogP contribution in [0.15, 0.2) is 53.0 Å².